The van der Waals surface area contributed by atoms with Gasteiger partial charge in [0.15, 0.2) is 0 Å². The van der Waals surface area contributed by atoms with Crippen LogP contribution < -0.4 is 10.6 Å². The van der Waals surface area contributed by atoms with Crippen molar-refractivity contribution in [2.24, 2.45) is 0 Å². The van der Waals surface area contributed by atoms with Gasteiger partial charge in [0, 0.05) is 34.9 Å². The van der Waals surface area contributed by atoms with E-state index >= 15 is 0 Å². The summed E-state index contributed by atoms with van der Waals surface area (Å²) in [6, 6.07) is 7.25. The molecule has 1 aromatic carbocycles. The molecule has 6 heteroatoms. The molecule has 0 aromatic heterocycles. The average Bonchev–Trinajstić information content (AvgIpc) is 2.37. The zero-order valence-electron chi connectivity index (χ0n) is 12.1. The molecule has 21 heavy (non-hydrogen) atoms. The predicted octanol–water partition coefficient (Wildman–Crippen LogP) is 2.58. The molecule has 0 aliphatic rings. The first kappa shape index (κ1) is 16.3. The Morgan fingerprint density at radius 3 is 2.10 bits per heavy atom. The van der Waals surface area contributed by atoms with Gasteiger partial charge in [-0.1, -0.05) is 6.07 Å². The number of hydrogen-bond acceptors (Lipinski definition) is 5. The van der Waals surface area contributed by atoms with Gasteiger partial charge in [0.2, 0.25) is 0 Å². The molecule has 0 saturated carbocycles. The number of carboxylic acids is 1. The maximum atomic E-state index is 11.1. The normalized spacial score (nSPS) is 11.8. The number of aliphatic carboxylic acids is 1. The van der Waals surface area contributed by atoms with Crippen molar-refractivity contribution in [2.75, 3.05) is 17.7 Å². The van der Waals surface area contributed by atoms with E-state index in [-0.39, 0.29) is 0 Å². The number of ether oxygens (including phenoxy) is 1. The Bertz CT molecular complexity index is 591. The van der Waals surface area contributed by atoms with E-state index in [1.54, 1.807) is 19.9 Å². The largest absolute Gasteiger partial charge is 0.478 e. The van der Waals surface area contributed by atoms with E-state index < -0.39 is 11.9 Å². The molecular weight excluding hydrogens is 272 g/mol. The summed E-state index contributed by atoms with van der Waals surface area (Å²) in [6.45, 7) is 3.41. The Morgan fingerprint density at radius 2 is 1.62 bits per heavy atom. The molecule has 1 aromatic rings. The molecule has 0 unspecified atom stereocenters. The van der Waals surface area contributed by atoms with Gasteiger partial charge in [0.1, 0.15) is 0 Å². The van der Waals surface area contributed by atoms with Gasteiger partial charge in [-0.05, 0) is 32.0 Å². The fraction of sp³-hybridized carbons (Fsp3) is 0.200. The van der Waals surface area contributed by atoms with Gasteiger partial charge >= 0.3 is 11.9 Å². The van der Waals surface area contributed by atoms with Crippen LogP contribution >= 0.6 is 0 Å². The third-order valence-electron chi connectivity index (χ3n) is 2.42. The lowest BCUT2D eigenvalue weighted by Crippen LogP contribution is -2.03. The summed E-state index contributed by atoms with van der Waals surface area (Å²) in [4.78, 5) is 21.7. The number of rotatable bonds is 6. The molecule has 1 rings (SSSR count). The Balaban J connectivity index is 2.79. The van der Waals surface area contributed by atoms with Crippen LogP contribution in [-0.2, 0) is 14.3 Å². The minimum Gasteiger partial charge on any atom is -0.478 e. The molecule has 0 aliphatic heterocycles. The van der Waals surface area contributed by atoms with Crippen molar-refractivity contribution >= 4 is 23.3 Å². The van der Waals surface area contributed by atoms with Gasteiger partial charge in [0.05, 0.1) is 7.11 Å². The van der Waals surface area contributed by atoms with E-state index in [0.29, 0.717) is 11.4 Å². The number of anilines is 2. The van der Waals surface area contributed by atoms with Crippen molar-refractivity contribution in [3.8, 4) is 0 Å². The van der Waals surface area contributed by atoms with Gasteiger partial charge in [-0.15, -0.1) is 0 Å². The molecule has 0 fully saturated rings. The molecular formula is C15H18N2O4. The topological polar surface area (TPSA) is 87.7 Å². The zero-order valence-corrected chi connectivity index (χ0v) is 12.1. The molecule has 0 saturated heterocycles. The van der Waals surface area contributed by atoms with Gasteiger partial charge in [-0.2, -0.15) is 0 Å². The molecule has 3 N–H and O–H groups in total. The van der Waals surface area contributed by atoms with Crippen molar-refractivity contribution < 1.29 is 19.4 Å². The van der Waals surface area contributed by atoms with Crippen LogP contribution in [0.4, 0.5) is 11.4 Å². The molecule has 0 aliphatic carbocycles. The van der Waals surface area contributed by atoms with Crippen LogP contribution in [0.3, 0.4) is 0 Å². The van der Waals surface area contributed by atoms with Crippen LogP contribution in [0.25, 0.3) is 0 Å². The highest BCUT2D eigenvalue weighted by Gasteiger charge is 2.00. The van der Waals surface area contributed by atoms with Crippen LogP contribution in [0.1, 0.15) is 13.8 Å². The molecule has 0 amide bonds. The first-order valence-corrected chi connectivity index (χ1v) is 6.22. The molecule has 0 atom stereocenters. The number of allylic oxidation sites excluding steroid dienone is 2. The summed E-state index contributed by atoms with van der Waals surface area (Å²) < 4.78 is 4.54. The molecule has 0 spiro atoms. The minimum absolute atomic E-state index is 0.436. The standard InChI is InChI=1S/C15H18N2O4/c1-10(7-14(18)19)16-12-5-4-6-13(9-12)17-11(2)8-15(20)21-3/h4-9,16-17H,1-3H3,(H,18,19). The second-order valence-corrected chi connectivity index (χ2v) is 4.35. The van der Waals surface area contributed by atoms with Crippen LogP contribution in [0.5, 0.6) is 0 Å². The van der Waals surface area contributed by atoms with Crippen LogP contribution in [0, 0.1) is 0 Å². The minimum atomic E-state index is -1.01. The molecule has 6 nitrogen and oxygen atoms in total. The van der Waals surface area contributed by atoms with Gasteiger partial charge < -0.3 is 20.5 Å². The van der Waals surface area contributed by atoms with Crippen LogP contribution in [-0.4, -0.2) is 24.2 Å². The number of esters is 1. The average molecular weight is 290 g/mol. The van der Waals surface area contributed by atoms with Gasteiger partial charge in [0.25, 0.3) is 0 Å². The fourth-order valence-corrected chi connectivity index (χ4v) is 1.62. The monoisotopic (exact) mass is 290 g/mol. The molecule has 0 radical (unpaired) electrons. The van der Waals surface area contributed by atoms with Crippen molar-refractivity contribution in [3.05, 3.63) is 47.8 Å². The number of carbonyl (C=O) groups is 2. The van der Waals surface area contributed by atoms with E-state index in [9.17, 15) is 9.59 Å². The maximum Gasteiger partial charge on any atom is 0.332 e. The molecule has 0 heterocycles. The number of carboxylic acid groups (broad SMARTS) is 1. The Kier molecular flexibility index (Phi) is 6.00. The smallest absolute Gasteiger partial charge is 0.332 e. The lowest BCUT2D eigenvalue weighted by atomic mass is 10.2. The summed E-state index contributed by atoms with van der Waals surface area (Å²) in [5, 5.41) is 14.7. The van der Waals surface area contributed by atoms with Crippen LogP contribution in [0.2, 0.25) is 0 Å². The summed E-state index contributed by atoms with van der Waals surface area (Å²) in [5.41, 5.74) is 2.65. The third kappa shape index (κ3) is 6.29. The highest BCUT2D eigenvalue weighted by molar-refractivity contribution is 5.83. The summed E-state index contributed by atoms with van der Waals surface area (Å²) >= 11 is 0. The second-order valence-electron chi connectivity index (χ2n) is 4.35. The molecule has 112 valence electrons. The summed E-state index contributed by atoms with van der Waals surface area (Å²) in [6.07, 6.45) is 2.43. The lowest BCUT2D eigenvalue weighted by molar-refractivity contribution is -0.135. The maximum absolute atomic E-state index is 11.1. The first-order chi connectivity index (χ1) is 9.90. The van der Waals surface area contributed by atoms with Gasteiger partial charge in [-0.3, -0.25) is 0 Å². The van der Waals surface area contributed by atoms with Crippen molar-refractivity contribution in [3.63, 3.8) is 0 Å². The van der Waals surface area contributed by atoms with Gasteiger partial charge in [-0.25, -0.2) is 9.59 Å². The SMILES string of the molecule is COC(=O)C=C(C)Nc1cccc(NC(C)=CC(=O)O)c1. The van der Waals surface area contributed by atoms with E-state index in [2.05, 4.69) is 15.4 Å². The van der Waals surface area contributed by atoms with E-state index in [1.165, 1.54) is 13.2 Å². The van der Waals surface area contributed by atoms with E-state index in [4.69, 9.17) is 5.11 Å². The van der Waals surface area contributed by atoms with E-state index in [1.807, 2.05) is 18.2 Å². The molecule has 0 bridgehead atoms. The van der Waals surface area contributed by atoms with E-state index in [0.717, 1.165) is 17.5 Å². The first-order valence-electron chi connectivity index (χ1n) is 6.22. The Morgan fingerprint density at radius 1 is 1.10 bits per heavy atom. The number of nitrogens with one attached hydrogen (secondary N) is 2. The van der Waals surface area contributed by atoms with Crippen molar-refractivity contribution in [2.45, 2.75) is 13.8 Å². The number of hydrogen-bond donors (Lipinski definition) is 3. The number of benzene rings is 1. The Hall–Kier alpha value is -2.76. The van der Waals surface area contributed by atoms with Crippen molar-refractivity contribution in [1.82, 2.24) is 0 Å². The summed E-state index contributed by atoms with van der Waals surface area (Å²) in [7, 11) is 1.31. The van der Waals surface area contributed by atoms with Crippen LogP contribution in [0.15, 0.2) is 47.8 Å². The highest BCUT2D eigenvalue weighted by Crippen LogP contribution is 2.18. The zero-order chi connectivity index (χ0) is 15.8. The second kappa shape index (κ2) is 7.74. The quantitative estimate of drug-likeness (QED) is 0.551. The number of carbonyl (C=O) groups excluding carboxylic acids is 1. The lowest BCUT2D eigenvalue weighted by Gasteiger charge is -2.10. The van der Waals surface area contributed by atoms with Crippen molar-refractivity contribution in [1.29, 1.82) is 0 Å². The third-order valence-corrected chi connectivity index (χ3v) is 2.42. The number of methoxy groups -OCH3 is 1. The predicted molar refractivity (Wildman–Crippen MR) is 80.9 cm³/mol. The Labute approximate surface area is 123 Å². The highest BCUT2D eigenvalue weighted by atomic mass is 16.5. The summed E-state index contributed by atoms with van der Waals surface area (Å²) in [5.74, 6) is -1.44. The fourth-order valence-electron chi connectivity index (χ4n) is 1.62.